The molecular formula is C21H30N4O2. The number of hydrogen-bond donors (Lipinski definition) is 1. The Hall–Kier alpha value is -2.08. The van der Waals surface area contributed by atoms with Crippen LogP contribution in [0.3, 0.4) is 0 Å². The number of likely N-dealkylation sites (tertiary alicyclic amines) is 1. The zero-order chi connectivity index (χ0) is 19.0. The van der Waals surface area contributed by atoms with E-state index in [0.717, 1.165) is 51.0 Å². The number of piperidine rings is 1. The number of hydrogen-bond acceptors (Lipinski definition) is 4. The first-order valence-electron chi connectivity index (χ1n) is 10.2. The molecule has 2 atom stereocenters. The van der Waals surface area contributed by atoms with E-state index in [-0.39, 0.29) is 17.9 Å². The van der Waals surface area contributed by atoms with E-state index in [2.05, 4.69) is 41.4 Å². The Morgan fingerprint density at radius 1 is 0.926 bits per heavy atom. The van der Waals surface area contributed by atoms with Crippen molar-refractivity contribution in [3.63, 3.8) is 0 Å². The predicted molar refractivity (Wildman–Crippen MR) is 107 cm³/mol. The van der Waals surface area contributed by atoms with Crippen LogP contribution >= 0.6 is 0 Å². The number of amides is 2. The van der Waals surface area contributed by atoms with Crippen LogP contribution in [0.1, 0.15) is 39.0 Å². The van der Waals surface area contributed by atoms with Gasteiger partial charge in [0.25, 0.3) is 0 Å². The summed E-state index contributed by atoms with van der Waals surface area (Å²) in [6.07, 6.45) is 4.63. The zero-order valence-electron chi connectivity index (χ0n) is 16.4. The maximum absolute atomic E-state index is 12.1. The first-order valence-corrected chi connectivity index (χ1v) is 10.2. The lowest BCUT2D eigenvalue weighted by Gasteiger charge is -2.35. The van der Waals surface area contributed by atoms with E-state index in [1.165, 1.54) is 5.69 Å². The first-order chi connectivity index (χ1) is 13.0. The monoisotopic (exact) mass is 370 g/mol. The highest BCUT2D eigenvalue weighted by Crippen LogP contribution is 2.29. The van der Waals surface area contributed by atoms with Crippen LogP contribution in [0.5, 0.6) is 0 Å². The van der Waals surface area contributed by atoms with Crippen molar-refractivity contribution in [2.75, 3.05) is 36.5 Å². The van der Waals surface area contributed by atoms with E-state index < -0.39 is 0 Å². The molecule has 1 N–H and O–H groups in total. The molecular weight excluding hydrogens is 340 g/mol. The lowest BCUT2D eigenvalue weighted by molar-refractivity contribution is -0.128. The molecule has 6 heteroatoms. The minimum Gasteiger partial charge on any atom is -0.371 e. The highest BCUT2D eigenvalue weighted by Gasteiger charge is 2.32. The van der Waals surface area contributed by atoms with E-state index in [9.17, 15) is 9.59 Å². The summed E-state index contributed by atoms with van der Waals surface area (Å²) in [4.78, 5) is 30.3. The molecule has 2 amide bonds. The number of nitrogens with one attached hydrogen (secondary N) is 1. The molecule has 0 spiro atoms. The van der Waals surface area contributed by atoms with Gasteiger partial charge in [0.1, 0.15) is 0 Å². The van der Waals surface area contributed by atoms with Crippen LogP contribution in [0.2, 0.25) is 0 Å². The Labute approximate surface area is 161 Å². The third kappa shape index (κ3) is 3.68. The van der Waals surface area contributed by atoms with Gasteiger partial charge in [-0.25, -0.2) is 0 Å². The van der Waals surface area contributed by atoms with Gasteiger partial charge < -0.3 is 20.0 Å². The minimum atomic E-state index is 0.00539. The minimum absolute atomic E-state index is 0.00539. The number of carbonyl (C=O) groups is 2. The zero-order valence-corrected chi connectivity index (χ0v) is 16.4. The van der Waals surface area contributed by atoms with Gasteiger partial charge in [0.15, 0.2) is 0 Å². The van der Waals surface area contributed by atoms with Crippen molar-refractivity contribution in [2.45, 2.75) is 57.2 Å². The van der Waals surface area contributed by atoms with Crippen molar-refractivity contribution in [3.05, 3.63) is 24.3 Å². The second kappa shape index (κ2) is 7.50. The molecule has 1 aromatic carbocycles. The molecule has 0 radical (unpaired) electrons. The predicted octanol–water partition coefficient (Wildman–Crippen LogP) is 1.99. The molecule has 2 unspecified atom stereocenters. The fraction of sp³-hybridized carbons (Fsp3) is 0.619. The van der Waals surface area contributed by atoms with Gasteiger partial charge in [0.05, 0.1) is 6.04 Å². The van der Waals surface area contributed by atoms with Crippen molar-refractivity contribution in [1.82, 2.24) is 10.2 Å². The van der Waals surface area contributed by atoms with Crippen molar-refractivity contribution < 1.29 is 9.59 Å². The molecule has 0 aromatic heterocycles. The quantitative estimate of drug-likeness (QED) is 0.881. The molecule has 4 rings (SSSR count). The van der Waals surface area contributed by atoms with Gasteiger partial charge in [-0.3, -0.25) is 9.59 Å². The molecule has 3 saturated heterocycles. The maximum atomic E-state index is 12.1. The van der Waals surface area contributed by atoms with Gasteiger partial charge in [-0.05, 0) is 56.9 Å². The first kappa shape index (κ1) is 18.3. The SMILES string of the molecule is CC1CCC(=O)N1c1ccc(N2CCC(NC3CCN(C)C3=O)CC2)cc1. The standard InChI is InChI=1S/C21H30N4O2/c1-15-3-8-20(26)25(15)18-6-4-17(5-7-18)24-13-9-16(10-14-24)22-19-11-12-23(2)21(19)27/h4-7,15-16,19,22H,3,8-14H2,1-2H3. The number of anilines is 2. The average molecular weight is 370 g/mol. The van der Waals surface area contributed by atoms with E-state index in [1.54, 1.807) is 0 Å². The topological polar surface area (TPSA) is 55.9 Å². The third-order valence-electron chi connectivity index (χ3n) is 6.34. The Morgan fingerprint density at radius 2 is 1.59 bits per heavy atom. The fourth-order valence-electron chi connectivity index (χ4n) is 4.62. The summed E-state index contributed by atoms with van der Waals surface area (Å²) in [5.41, 5.74) is 2.22. The van der Waals surface area contributed by atoms with Gasteiger partial charge in [0, 0.05) is 56.6 Å². The largest absolute Gasteiger partial charge is 0.371 e. The number of benzene rings is 1. The van der Waals surface area contributed by atoms with Crippen LogP contribution in [-0.4, -0.2) is 61.5 Å². The lowest BCUT2D eigenvalue weighted by atomic mass is 10.0. The van der Waals surface area contributed by atoms with Crippen LogP contribution in [-0.2, 0) is 9.59 Å². The Balaban J connectivity index is 1.32. The molecule has 27 heavy (non-hydrogen) atoms. The van der Waals surface area contributed by atoms with Crippen molar-refractivity contribution >= 4 is 23.2 Å². The smallest absolute Gasteiger partial charge is 0.239 e. The van der Waals surface area contributed by atoms with Crippen molar-refractivity contribution in [3.8, 4) is 0 Å². The molecule has 6 nitrogen and oxygen atoms in total. The van der Waals surface area contributed by atoms with Crippen molar-refractivity contribution in [2.24, 2.45) is 0 Å². The summed E-state index contributed by atoms with van der Waals surface area (Å²) < 4.78 is 0. The summed E-state index contributed by atoms with van der Waals surface area (Å²) >= 11 is 0. The Morgan fingerprint density at radius 3 is 2.15 bits per heavy atom. The van der Waals surface area contributed by atoms with E-state index >= 15 is 0 Å². The number of nitrogens with zero attached hydrogens (tertiary/aromatic N) is 3. The highest BCUT2D eigenvalue weighted by atomic mass is 16.2. The molecule has 0 bridgehead atoms. The Kier molecular flexibility index (Phi) is 5.08. The maximum Gasteiger partial charge on any atom is 0.239 e. The van der Waals surface area contributed by atoms with E-state index in [4.69, 9.17) is 0 Å². The van der Waals surface area contributed by atoms with Gasteiger partial charge in [0.2, 0.25) is 11.8 Å². The molecule has 3 aliphatic rings. The second-order valence-corrected chi connectivity index (χ2v) is 8.20. The number of rotatable bonds is 4. The second-order valence-electron chi connectivity index (χ2n) is 8.20. The average Bonchev–Trinajstić information content (AvgIpc) is 3.18. The molecule has 1 aromatic rings. The number of carbonyl (C=O) groups excluding carboxylic acids is 2. The summed E-state index contributed by atoms with van der Waals surface area (Å²) in [5, 5.41) is 3.56. The molecule has 3 fully saturated rings. The van der Waals surface area contributed by atoms with E-state index in [0.29, 0.717) is 18.5 Å². The molecule has 146 valence electrons. The number of likely N-dealkylation sites (N-methyl/N-ethyl adjacent to an activating group) is 1. The molecule has 3 aliphatic heterocycles. The van der Waals surface area contributed by atoms with Crippen LogP contribution in [0.15, 0.2) is 24.3 Å². The van der Waals surface area contributed by atoms with E-state index in [1.807, 2.05) is 16.8 Å². The summed E-state index contributed by atoms with van der Waals surface area (Å²) in [5.74, 6) is 0.466. The highest BCUT2D eigenvalue weighted by molar-refractivity contribution is 5.96. The molecule has 0 aliphatic carbocycles. The normalized spacial score (nSPS) is 27.1. The van der Waals surface area contributed by atoms with Gasteiger partial charge in [-0.15, -0.1) is 0 Å². The lowest BCUT2D eigenvalue weighted by Crippen LogP contribution is -2.48. The molecule has 0 saturated carbocycles. The van der Waals surface area contributed by atoms with Gasteiger partial charge in [-0.2, -0.15) is 0 Å². The van der Waals surface area contributed by atoms with Gasteiger partial charge in [-0.1, -0.05) is 0 Å². The molecule has 3 heterocycles. The summed E-state index contributed by atoms with van der Waals surface area (Å²) in [6.45, 7) is 4.96. The van der Waals surface area contributed by atoms with Crippen molar-refractivity contribution in [1.29, 1.82) is 0 Å². The summed E-state index contributed by atoms with van der Waals surface area (Å²) in [6, 6.07) is 9.14. The van der Waals surface area contributed by atoms with Crippen LogP contribution in [0.25, 0.3) is 0 Å². The van der Waals surface area contributed by atoms with Gasteiger partial charge >= 0.3 is 0 Å². The third-order valence-corrected chi connectivity index (χ3v) is 6.34. The fourth-order valence-corrected chi connectivity index (χ4v) is 4.62. The summed E-state index contributed by atoms with van der Waals surface area (Å²) in [7, 11) is 1.88. The Bertz CT molecular complexity index is 697. The van der Waals surface area contributed by atoms with Crippen LogP contribution in [0, 0.1) is 0 Å². The van der Waals surface area contributed by atoms with Crippen LogP contribution < -0.4 is 15.1 Å². The van der Waals surface area contributed by atoms with Crippen LogP contribution in [0.4, 0.5) is 11.4 Å².